The van der Waals surface area contributed by atoms with Crippen molar-refractivity contribution in [3.63, 3.8) is 0 Å². The lowest BCUT2D eigenvalue weighted by Gasteiger charge is -2.54. The number of phenols is 1. The second kappa shape index (κ2) is 10.8. The van der Waals surface area contributed by atoms with Crippen molar-refractivity contribution in [1.82, 2.24) is 25.2 Å². The fraction of sp³-hybridized carbons (Fsp3) is 0.500. The smallest absolute Gasteiger partial charge is 0.318 e. The maximum atomic E-state index is 16.2. The van der Waals surface area contributed by atoms with Crippen molar-refractivity contribution in [3.8, 4) is 11.8 Å². The number of piperidine rings is 1. The number of hydrogen-bond acceptors (Lipinski definition) is 8. The molecule has 0 amide bonds. The van der Waals surface area contributed by atoms with Gasteiger partial charge >= 0.3 is 6.01 Å². The molecule has 6 heterocycles. The number of ether oxygens (including phenoxy) is 1. The van der Waals surface area contributed by atoms with Gasteiger partial charge in [0, 0.05) is 48.8 Å². The zero-order valence-electron chi connectivity index (χ0n) is 25.7. The fourth-order valence-electron chi connectivity index (χ4n) is 8.87. The number of fused-ring (bicyclic) bond motifs is 3. The van der Waals surface area contributed by atoms with Crippen LogP contribution >= 0.6 is 0 Å². The van der Waals surface area contributed by atoms with Crippen LogP contribution in [0.2, 0.25) is 0 Å². The van der Waals surface area contributed by atoms with Gasteiger partial charge in [0.15, 0.2) is 0 Å². The van der Waals surface area contributed by atoms with E-state index in [1.54, 1.807) is 30.6 Å². The second-order valence-corrected chi connectivity index (χ2v) is 16.7. The largest absolute Gasteiger partial charge is 0.508 e. The van der Waals surface area contributed by atoms with E-state index >= 15 is 4.39 Å². The predicted octanol–water partition coefficient (Wildman–Crippen LogP) is 4.99. The van der Waals surface area contributed by atoms with Crippen LogP contribution in [0.3, 0.4) is 0 Å². The summed E-state index contributed by atoms with van der Waals surface area (Å²) in [6.07, 6.45) is 3.88. The van der Waals surface area contributed by atoms with Crippen molar-refractivity contribution >= 4 is 31.6 Å². The Morgan fingerprint density at radius 1 is 1.17 bits per heavy atom. The molecule has 8 rings (SSSR count). The second-order valence-electron chi connectivity index (χ2n) is 13.9. The van der Waals surface area contributed by atoms with E-state index in [1.165, 1.54) is 12.1 Å². The SMILES string of the molecule is CCc1c(F)ccc2cc(O)cc(C3NCC4(CC3F)C[SH](=O)(c3nc(OC[C@@]56CCCN5C[C@H](F)C6)nc5ccncc35)C4)c12. The summed E-state index contributed by atoms with van der Waals surface area (Å²) in [7, 11) is -3.06. The van der Waals surface area contributed by atoms with E-state index < -0.39 is 33.7 Å². The van der Waals surface area contributed by atoms with Crippen LogP contribution in [0.15, 0.2) is 47.8 Å². The molecule has 1 spiro atoms. The van der Waals surface area contributed by atoms with E-state index in [-0.39, 0.29) is 47.6 Å². The number of aryl methyl sites for hydroxylation is 1. The molecule has 4 aliphatic heterocycles. The first-order chi connectivity index (χ1) is 22.1. The van der Waals surface area contributed by atoms with Crippen LogP contribution in [0, 0.1) is 11.2 Å². The van der Waals surface area contributed by atoms with Crippen molar-refractivity contribution in [2.75, 3.05) is 37.7 Å². The molecule has 2 N–H and O–H groups in total. The highest BCUT2D eigenvalue weighted by atomic mass is 32.2. The first-order valence-electron chi connectivity index (χ1n) is 16.1. The lowest BCUT2D eigenvalue weighted by molar-refractivity contribution is 0.105. The van der Waals surface area contributed by atoms with Crippen molar-refractivity contribution in [1.29, 1.82) is 0 Å². The third-order valence-electron chi connectivity index (χ3n) is 10.8. The predicted molar refractivity (Wildman–Crippen MR) is 171 cm³/mol. The molecule has 0 saturated carbocycles. The fourth-order valence-corrected chi connectivity index (χ4v) is 12.6. The zero-order chi connectivity index (χ0) is 31.8. The molecule has 4 aliphatic rings. The van der Waals surface area contributed by atoms with Crippen molar-refractivity contribution in [2.45, 2.75) is 68.0 Å². The molecular formula is C34H38F3N5O3S. The Morgan fingerprint density at radius 3 is 2.83 bits per heavy atom. The minimum atomic E-state index is -3.06. The number of nitrogens with zero attached hydrogens (tertiary/aromatic N) is 4. The number of halogens is 3. The summed E-state index contributed by atoms with van der Waals surface area (Å²) in [5.74, 6) is 0.197. The quantitative estimate of drug-likeness (QED) is 0.198. The molecule has 2 aromatic carbocycles. The molecule has 4 aromatic rings. The van der Waals surface area contributed by atoms with Gasteiger partial charge in [0.2, 0.25) is 0 Å². The molecule has 0 bridgehead atoms. The highest BCUT2D eigenvalue weighted by Gasteiger charge is 2.55. The number of phenolic OH excluding ortho intramolecular Hbond substituents is 1. The van der Waals surface area contributed by atoms with Gasteiger partial charge in [-0.2, -0.15) is 9.97 Å². The summed E-state index contributed by atoms with van der Waals surface area (Å²) in [5, 5.41) is 16.1. The normalized spacial score (nSPS) is 31.3. The van der Waals surface area contributed by atoms with E-state index in [0.29, 0.717) is 63.8 Å². The number of thiol groups is 1. The van der Waals surface area contributed by atoms with E-state index in [1.807, 2.05) is 6.92 Å². The topological polar surface area (TPSA) is 100 Å². The van der Waals surface area contributed by atoms with Crippen LogP contribution in [0.25, 0.3) is 21.7 Å². The molecule has 4 saturated heterocycles. The van der Waals surface area contributed by atoms with E-state index in [4.69, 9.17) is 9.72 Å². The molecule has 4 fully saturated rings. The third kappa shape index (κ3) is 4.78. The summed E-state index contributed by atoms with van der Waals surface area (Å²) < 4.78 is 66.0. The van der Waals surface area contributed by atoms with Gasteiger partial charge < -0.3 is 15.2 Å². The number of aromatic hydroxyl groups is 1. The Morgan fingerprint density at radius 2 is 2.02 bits per heavy atom. The number of pyridine rings is 1. The van der Waals surface area contributed by atoms with Crippen LogP contribution < -0.4 is 10.1 Å². The number of hydrogen-bond donors (Lipinski definition) is 3. The van der Waals surface area contributed by atoms with Gasteiger partial charge in [0.25, 0.3) is 0 Å². The minimum absolute atomic E-state index is 0.00134. The average molecular weight is 654 g/mol. The van der Waals surface area contributed by atoms with E-state index in [0.717, 1.165) is 19.4 Å². The molecule has 4 atom stereocenters. The zero-order valence-corrected chi connectivity index (χ0v) is 26.6. The van der Waals surface area contributed by atoms with E-state index in [9.17, 15) is 18.1 Å². The molecule has 8 nitrogen and oxygen atoms in total. The Labute approximate surface area is 266 Å². The van der Waals surface area contributed by atoms with Gasteiger partial charge in [-0.3, -0.25) is 14.1 Å². The summed E-state index contributed by atoms with van der Waals surface area (Å²) in [4.78, 5) is 15.7. The summed E-state index contributed by atoms with van der Waals surface area (Å²) in [5.41, 5.74) is 0.691. The summed E-state index contributed by atoms with van der Waals surface area (Å²) in [6.45, 7) is 3.80. The molecule has 244 valence electrons. The number of rotatable bonds is 6. The van der Waals surface area contributed by atoms with E-state index in [2.05, 4.69) is 20.2 Å². The van der Waals surface area contributed by atoms with Gasteiger partial charge in [-0.1, -0.05) is 22.9 Å². The Hall–Kier alpha value is -3.35. The van der Waals surface area contributed by atoms with Crippen LogP contribution in [0.4, 0.5) is 13.2 Å². The van der Waals surface area contributed by atoms with Gasteiger partial charge in [0.1, 0.15) is 35.5 Å². The van der Waals surface area contributed by atoms with Crippen molar-refractivity contribution in [2.24, 2.45) is 5.41 Å². The number of alkyl halides is 2. The van der Waals surface area contributed by atoms with Crippen molar-refractivity contribution < 1.29 is 27.2 Å². The molecule has 12 heteroatoms. The number of benzene rings is 2. The van der Waals surface area contributed by atoms with Gasteiger partial charge in [-0.05, 0) is 78.4 Å². The molecule has 2 unspecified atom stereocenters. The molecule has 0 radical (unpaired) electrons. The monoisotopic (exact) mass is 653 g/mol. The molecule has 46 heavy (non-hydrogen) atoms. The Bertz CT molecular complexity index is 1900. The average Bonchev–Trinajstić information content (AvgIpc) is 3.54. The van der Waals surface area contributed by atoms with Crippen LogP contribution in [0.1, 0.15) is 49.8 Å². The van der Waals surface area contributed by atoms with Gasteiger partial charge in [0.05, 0.1) is 22.5 Å². The maximum Gasteiger partial charge on any atom is 0.318 e. The van der Waals surface area contributed by atoms with Crippen LogP contribution in [-0.4, -0.2) is 84.8 Å². The minimum Gasteiger partial charge on any atom is -0.508 e. The first kappa shape index (κ1) is 30.0. The Kier molecular flexibility index (Phi) is 7.08. The number of aromatic nitrogens is 3. The first-order valence-corrected chi connectivity index (χ1v) is 18.2. The summed E-state index contributed by atoms with van der Waals surface area (Å²) in [6, 6.07) is 7.21. The molecule has 2 aromatic heterocycles. The Balaban J connectivity index is 1.05. The molecule has 0 aliphatic carbocycles. The summed E-state index contributed by atoms with van der Waals surface area (Å²) >= 11 is 0. The lowest BCUT2D eigenvalue weighted by Crippen LogP contribution is -2.62. The molecular weight excluding hydrogens is 615 g/mol. The highest BCUT2D eigenvalue weighted by Crippen LogP contribution is 2.51. The van der Waals surface area contributed by atoms with Crippen LogP contribution in [0.5, 0.6) is 11.8 Å². The lowest BCUT2D eigenvalue weighted by atomic mass is 9.77. The number of nitrogens with one attached hydrogen (secondary N) is 1. The van der Waals surface area contributed by atoms with Crippen LogP contribution in [-0.2, 0) is 16.4 Å². The highest BCUT2D eigenvalue weighted by molar-refractivity contribution is 8.04. The standard InChI is InChI=1S/C34H38F3N5O3S/c1-2-23-26(36)5-4-20-10-22(43)11-24(29(20)23)30-27(37)13-33(16-39-30)18-46(44,19-33)31-25-14-38-8-6-28(25)40-32(41-31)45-17-34-7-3-9-42(34)15-21(35)12-34/h4-6,8,10-11,14,21,27,30,39,43,46H,2-3,7,9,12-13,15-19H2,1H3/t21-,27?,30?,34+/m1/s1. The third-order valence-corrected chi connectivity index (χ3v) is 14.3. The van der Waals surface area contributed by atoms with Gasteiger partial charge in [-0.15, -0.1) is 0 Å². The van der Waals surface area contributed by atoms with Crippen molar-refractivity contribution in [3.05, 3.63) is 59.7 Å². The van der Waals surface area contributed by atoms with Gasteiger partial charge in [-0.25, -0.2) is 13.2 Å². The maximum absolute atomic E-state index is 16.2.